The Hall–Kier alpha value is -1.90. The number of nitrogens with zero attached hydrogens (tertiary/aromatic N) is 1. The highest BCUT2D eigenvalue weighted by atomic mass is 35.5. The fourth-order valence-electron chi connectivity index (χ4n) is 2.22. The lowest BCUT2D eigenvalue weighted by Crippen LogP contribution is -2.00. The molecule has 1 unspecified atom stereocenters. The standard InChI is InChI=1S/C16H12ClNO/c17-12-5-1-4-11(10-12)16(19)14-6-2-8-15-13(14)7-3-9-18-15/h1-10,16,19H. The van der Waals surface area contributed by atoms with Crippen LogP contribution in [0.15, 0.2) is 60.8 Å². The number of halogens is 1. The summed E-state index contributed by atoms with van der Waals surface area (Å²) in [7, 11) is 0. The van der Waals surface area contributed by atoms with Crippen molar-refractivity contribution in [1.82, 2.24) is 4.98 Å². The van der Waals surface area contributed by atoms with Crippen molar-refractivity contribution in [1.29, 1.82) is 0 Å². The van der Waals surface area contributed by atoms with Gasteiger partial charge in [-0.25, -0.2) is 0 Å². The van der Waals surface area contributed by atoms with Gasteiger partial charge in [0, 0.05) is 16.6 Å². The molecule has 1 N–H and O–H groups in total. The van der Waals surface area contributed by atoms with Crippen LogP contribution in [0.5, 0.6) is 0 Å². The zero-order valence-electron chi connectivity index (χ0n) is 10.1. The van der Waals surface area contributed by atoms with Crippen molar-refractivity contribution in [3.63, 3.8) is 0 Å². The average Bonchev–Trinajstić information content (AvgIpc) is 2.46. The lowest BCUT2D eigenvalue weighted by molar-refractivity contribution is 0.222. The van der Waals surface area contributed by atoms with Crippen molar-refractivity contribution in [3.8, 4) is 0 Å². The van der Waals surface area contributed by atoms with Crippen LogP contribution in [0.1, 0.15) is 17.2 Å². The third-order valence-electron chi connectivity index (χ3n) is 3.14. The Morgan fingerprint density at radius 1 is 1.00 bits per heavy atom. The zero-order chi connectivity index (χ0) is 13.2. The number of hydrogen-bond donors (Lipinski definition) is 1. The Morgan fingerprint density at radius 3 is 2.68 bits per heavy atom. The molecule has 0 bridgehead atoms. The fourth-order valence-corrected chi connectivity index (χ4v) is 2.42. The minimum absolute atomic E-state index is 0.620. The van der Waals surface area contributed by atoms with Crippen molar-refractivity contribution in [2.75, 3.05) is 0 Å². The first-order valence-corrected chi connectivity index (χ1v) is 6.41. The normalized spacial score (nSPS) is 12.5. The second kappa shape index (κ2) is 5.00. The number of benzene rings is 2. The summed E-state index contributed by atoms with van der Waals surface area (Å²) in [5.41, 5.74) is 2.50. The van der Waals surface area contributed by atoms with Crippen LogP contribution in [0, 0.1) is 0 Å². The molecule has 3 rings (SSSR count). The summed E-state index contributed by atoms with van der Waals surface area (Å²) in [6.07, 6.45) is 1.05. The third kappa shape index (κ3) is 2.33. The lowest BCUT2D eigenvalue weighted by atomic mass is 9.98. The van der Waals surface area contributed by atoms with Gasteiger partial charge in [-0.3, -0.25) is 4.98 Å². The molecule has 19 heavy (non-hydrogen) atoms. The molecule has 0 spiro atoms. The van der Waals surface area contributed by atoms with Gasteiger partial charge in [0.1, 0.15) is 6.10 Å². The predicted molar refractivity (Wildman–Crippen MR) is 77.3 cm³/mol. The number of aliphatic hydroxyl groups excluding tert-OH is 1. The van der Waals surface area contributed by atoms with Gasteiger partial charge < -0.3 is 5.11 Å². The van der Waals surface area contributed by atoms with E-state index < -0.39 is 6.10 Å². The van der Waals surface area contributed by atoms with Crippen LogP contribution in [-0.4, -0.2) is 10.1 Å². The van der Waals surface area contributed by atoms with Gasteiger partial charge in [-0.15, -0.1) is 0 Å². The third-order valence-corrected chi connectivity index (χ3v) is 3.37. The summed E-state index contributed by atoms with van der Waals surface area (Å²) < 4.78 is 0. The molecule has 2 aromatic carbocycles. The monoisotopic (exact) mass is 269 g/mol. The molecule has 1 aromatic heterocycles. The number of aromatic nitrogens is 1. The molecule has 0 saturated carbocycles. The van der Waals surface area contributed by atoms with Gasteiger partial charge in [0.25, 0.3) is 0 Å². The van der Waals surface area contributed by atoms with Crippen LogP contribution in [0.25, 0.3) is 10.9 Å². The van der Waals surface area contributed by atoms with Crippen molar-refractivity contribution < 1.29 is 5.11 Å². The summed E-state index contributed by atoms with van der Waals surface area (Å²) in [6, 6.07) is 16.9. The van der Waals surface area contributed by atoms with E-state index >= 15 is 0 Å². The zero-order valence-corrected chi connectivity index (χ0v) is 10.9. The van der Waals surface area contributed by atoms with Gasteiger partial charge in [-0.1, -0.05) is 41.9 Å². The Labute approximate surface area is 116 Å². The van der Waals surface area contributed by atoms with Gasteiger partial charge >= 0.3 is 0 Å². The first-order valence-electron chi connectivity index (χ1n) is 6.03. The fraction of sp³-hybridized carbons (Fsp3) is 0.0625. The Balaban J connectivity index is 2.14. The van der Waals surface area contributed by atoms with Gasteiger partial charge in [-0.05, 0) is 35.4 Å². The van der Waals surface area contributed by atoms with E-state index in [4.69, 9.17) is 11.6 Å². The maximum absolute atomic E-state index is 10.5. The van der Waals surface area contributed by atoms with Crippen molar-refractivity contribution in [2.24, 2.45) is 0 Å². The summed E-state index contributed by atoms with van der Waals surface area (Å²) in [6.45, 7) is 0. The molecule has 3 aromatic rings. The van der Waals surface area contributed by atoms with Crippen LogP contribution in [-0.2, 0) is 0 Å². The first kappa shape index (κ1) is 12.2. The lowest BCUT2D eigenvalue weighted by Gasteiger charge is -2.14. The topological polar surface area (TPSA) is 33.1 Å². The van der Waals surface area contributed by atoms with Crippen molar-refractivity contribution in [2.45, 2.75) is 6.10 Å². The summed E-state index contributed by atoms with van der Waals surface area (Å²) in [5, 5.41) is 12.1. The molecule has 0 amide bonds. The maximum atomic E-state index is 10.5. The van der Waals surface area contributed by atoms with E-state index in [-0.39, 0.29) is 0 Å². The van der Waals surface area contributed by atoms with Gasteiger partial charge in [-0.2, -0.15) is 0 Å². The van der Waals surface area contributed by atoms with E-state index in [9.17, 15) is 5.11 Å². The average molecular weight is 270 g/mol. The molecule has 94 valence electrons. The van der Waals surface area contributed by atoms with Crippen LogP contribution in [0.2, 0.25) is 5.02 Å². The first-order chi connectivity index (χ1) is 9.25. The van der Waals surface area contributed by atoms with Gasteiger partial charge in [0.15, 0.2) is 0 Å². The largest absolute Gasteiger partial charge is 0.384 e. The van der Waals surface area contributed by atoms with E-state index in [0.29, 0.717) is 5.02 Å². The maximum Gasteiger partial charge on any atom is 0.105 e. The van der Waals surface area contributed by atoms with E-state index in [2.05, 4.69) is 4.98 Å². The highest BCUT2D eigenvalue weighted by Gasteiger charge is 2.13. The molecular weight excluding hydrogens is 258 g/mol. The van der Waals surface area contributed by atoms with Gasteiger partial charge in [0.05, 0.1) is 5.52 Å². The number of hydrogen-bond acceptors (Lipinski definition) is 2. The van der Waals surface area contributed by atoms with Crippen molar-refractivity contribution >= 4 is 22.5 Å². The Morgan fingerprint density at radius 2 is 1.84 bits per heavy atom. The van der Waals surface area contributed by atoms with Crippen LogP contribution >= 0.6 is 11.6 Å². The molecule has 1 atom stereocenters. The van der Waals surface area contributed by atoms with Crippen molar-refractivity contribution in [3.05, 3.63) is 76.9 Å². The van der Waals surface area contributed by atoms with Crippen LogP contribution in [0.4, 0.5) is 0 Å². The smallest absolute Gasteiger partial charge is 0.105 e. The minimum atomic E-state index is -0.702. The van der Waals surface area contributed by atoms with Crippen LogP contribution < -0.4 is 0 Å². The summed E-state index contributed by atoms with van der Waals surface area (Å²) >= 11 is 5.97. The van der Waals surface area contributed by atoms with Gasteiger partial charge in [0.2, 0.25) is 0 Å². The Bertz CT molecular complexity index is 721. The molecule has 0 aliphatic rings. The van der Waals surface area contributed by atoms with E-state index in [1.165, 1.54) is 0 Å². The molecule has 1 heterocycles. The molecule has 0 fully saturated rings. The molecular formula is C16H12ClNO. The molecule has 0 radical (unpaired) electrons. The molecule has 3 heteroatoms. The Kier molecular flexibility index (Phi) is 3.20. The SMILES string of the molecule is OC(c1cccc(Cl)c1)c1cccc2ncccc12. The number of aliphatic hydroxyl groups is 1. The highest BCUT2D eigenvalue weighted by molar-refractivity contribution is 6.30. The van der Waals surface area contributed by atoms with E-state index in [0.717, 1.165) is 22.0 Å². The predicted octanol–water partition coefficient (Wildman–Crippen LogP) is 3.97. The van der Waals surface area contributed by atoms with Crippen LogP contribution in [0.3, 0.4) is 0 Å². The van der Waals surface area contributed by atoms with E-state index in [1.54, 1.807) is 18.3 Å². The minimum Gasteiger partial charge on any atom is -0.384 e. The number of pyridine rings is 1. The van der Waals surface area contributed by atoms with E-state index in [1.807, 2.05) is 42.5 Å². The summed E-state index contributed by atoms with van der Waals surface area (Å²) in [5.74, 6) is 0. The molecule has 0 aliphatic carbocycles. The molecule has 2 nitrogen and oxygen atoms in total. The molecule has 0 aliphatic heterocycles. The molecule has 0 saturated heterocycles. The number of fused-ring (bicyclic) bond motifs is 1. The quantitative estimate of drug-likeness (QED) is 0.764. The second-order valence-electron chi connectivity index (χ2n) is 4.37. The highest BCUT2D eigenvalue weighted by Crippen LogP contribution is 2.29. The second-order valence-corrected chi connectivity index (χ2v) is 4.81. The summed E-state index contributed by atoms with van der Waals surface area (Å²) in [4.78, 5) is 4.30. The number of rotatable bonds is 2.